The van der Waals surface area contributed by atoms with Gasteiger partial charge in [0.1, 0.15) is 6.33 Å². The van der Waals surface area contributed by atoms with Crippen LogP contribution >= 0.6 is 0 Å². The maximum atomic E-state index is 12.7. The van der Waals surface area contributed by atoms with Crippen molar-refractivity contribution in [2.24, 2.45) is 0 Å². The number of benzene rings is 1. The summed E-state index contributed by atoms with van der Waals surface area (Å²) in [7, 11) is 0. The zero-order valence-electron chi connectivity index (χ0n) is 12.3. The maximum absolute atomic E-state index is 12.7. The molecule has 22 heavy (non-hydrogen) atoms. The van der Waals surface area contributed by atoms with Crippen LogP contribution in [0.5, 0.6) is 0 Å². The van der Waals surface area contributed by atoms with Gasteiger partial charge in [0.2, 0.25) is 0 Å². The van der Waals surface area contributed by atoms with Gasteiger partial charge in [-0.1, -0.05) is 25.5 Å². The standard InChI is InChI=1S/C16H17N3O3/c1-2-3-8-18-9-13-14(16(21)22)17-10-19(13)12-7-5-4-6-11(12)15(18)20/h4-7,10H,2-3,8-9H2,1H3,(H,21,22). The number of nitrogens with zero attached hydrogens (tertiary/aromatic N) is 3. The third-order valence-corrected chi connectivity index (χ3v) is 3.87. The number of unbranched alkanes of at least 4 members (excludes halogenated alkanes) is 1. The summed E-state index contributed by atoms with van der Waals surface area (Å²) in [5, 5.41) is 9.32. The minimum absolute atomic E-state index is 0.00556. The molecule has 0 bridgehead atoms. The molecule has 0 atom stereocenters. The van der Waals surface area contributed by atoms with E-state index in [1.54, 1.807) is 15.5 Å². The van der Waals surface area contributed by atoms with Gasteiger partial charge in [-0.05, 0) is 18.6 Å². The van der Waals surface area contributed by atoms with Crippen molar-refractivity contribution < 1.29 is 14.7 Å². The van der Waals surface area contributed by atoms with Gasteiger partial charge in [0.15, 0.2) is 5.69 Å². The lowest BCUT2D eigenvalue weighted by atomic mass is 10.1. The Bertz CT molecular complexity index is 736. The lowest BCUT2D eigenvalue weighted by Gasteiger charge is -2.20. The SMILES string of the molecule is CCCCN1Cc2c(C(=O)O)ncn2-c2ccccc2C1=O. The van der Waals surface area contributed by atoms with Gasteiger partial charge in [-0.3, -0.25) is 9.36 Å². The van der Waals surface area contributed by atoms with Crippen molar-refractivity contribution in [3.05, 3.63) is 47.5 Å². The highest BCUT2D eigenvalue weighted by Crippen LogP contribution is 2.26. The predicted molar refractivity (Wildman–Crippen MR) is 80.2 cm³/mol. The van der Waals surface area contributed by atoms with Crippen LogP contribution in [0.15, 0.2) is 30.6 Å². The summed E-state index contributed by atoms with van der Waals surface area (Å²) in [6.07, 6.45) is 3.33. The lowest BCUT2D eigenvalue weighted by Crippen LogP contribution is -2.31. The summed E-state index contributed by atoms with van der Waals surface area (Å²) >= 11 is 0. The highest BCUT2D eigenvalue weighted by molar-refractivity contribution is 5.99. The fourth-order valence-corrected chi connectivity index (χ4v) is 2.73. The Kier molecular flexibility index (Phi) is 3.66. The van der Waals surface area contributed by atoms with Gasteiger partial charge in [-0.2, -0.15) is 0 Å². The van der Waals surface area contributed by atoms with Crippen LogP contribution in [0.25, 0.3) is 5.69 Å². The first-order chi connectivity index (χ1) is 10.6. The second-order valence-corrected chi connectivity index (χ2v) is 5.31. The van der Waals surface area contributed by atoms with Crippen LogP contribution in [-0.2, 0) is 6.54 Å². The number of hydrogen-bond acceptors (Lipinski definition) is 3. The first-order valence-electron chi connectivity index (χ1n) is 7.31. The fraction of sp³-hybridized carbons (Fsp3) is 0.312. The van der Waals surface area contributed by atoms with Crippen LogP contribution < -0.4 is 0 Å². The summed E-state index contributed by atoms with van der Waals surface area (Å²) in [5.41, 5.74) is 1.81. The third-order valence-electron chi connectivity index (χ3n) is 3.87. The average Bonchev–Trinajstić information content (AvgIpc) is 2.89. The van der Waals surface area contributed by atoms with E-state index in [1.807, 2.05) is 18.2 Å². The highest BCUT2D eigenvalue weighted by atomic mass is 16.4. The molecule has 1 aliphatic heterocycles. The van der Waals surface area contributed by atoms with E-state index in [1.165, 1.54) is 6.33 Å². The fourth-order valence-electron chi connectivity index (χ4n) is 2.73. The Morgan fingerprint density at radius 2 is 2.14 bits per heavy atom. The summed E-state index contributed by atoms with van der Waals surface area (Å²) in [6.45, 7) is 2.92. The average molecular weight is 299 g/mol. The summed E-state index contributed by atoms with van der Waals surface area (Å²) in [6, 6.07) is 7.23. The number of aromatic nitrogens is 2. The maximum Gasteiger partial charge on any atom is 0.356 e. The zero-order chi connectivity index (χ0) is 15.7. The minimum Gasteiger partial charge on any atom is -0.476 e. The number of rotatable bonds is 4. The molecule has 1 N–H and O–H groups in total. The van der Waals surface area contributed by atoms with Gasteiger partial charge in [-0.15, -0.1) is 0 Å². The van der Waals surface area contributed by atoms with Crippen molar-refractivity contribution in [3.63, 3.8) is 0 Å². The molecule has 114 valence electrons. The van der Waals surface area contributed by atoms with Crippen LogP contribution in [0.4, 0.5) is 0 Å². The van der Waals surface area contributed by atoms with Crippen molar-refractivity contribution in [2.45, 2.75) is 26.3 Å². The van der Waals surface area contributed by atoms with Gasteiger partial charge in [0, 0.05) is 6.54 Å². The normalized spacial score (nSPS) is 13.5. The topological polar surface area (TPSA) is 75.4 Å². The number of aromatic carboxylic acids is 1. The number of imidazole rings is 1. The number of carboxylic acids is 1. The van der Waals surface area contributed by atoms with Gasteiger partial charge in [-0.25, -0.2) is 9.78 Å². The molecule has 0 spiro atoms. The van der Waals surface area contributed by atoms with E-state index in [9.17, 15) is 14.7 Å². The molecule has 0 saturated carbocycles. The van der Waals surface area contributed by atoms with E-state index >= 15 is 0 Å². The quantitative estimate of drug-likeness (QED) is 0.940. The van der Waals surface area contributed by atoms with E-state index in [0.717, 1.165) is 12.8 Å². The number of fused-ring (bicyclic) bond motifs is 3. The lowest BCUT2D eigenvalue weighted by molar-refractivity contribution is 0.0677. The van der Waals surface area contributed by atoms with Crippen molar-refractivity contribution in [3.8, 4) is 5.69 Å². The van der Waals surface area contributed by atoms with E-state index in [2.05, 4.69) is 11.9 Å². The van der Waals surface area contributed by atoms with Gasteiger partial charge in [0.05, 0.1) is 23.5 Å². The monoisotopic (exact) mass is 299 g/mol. The molecule has 2 aromatic rings. The number of para-hydroxylation sites is 1. The second-order valence-electron chi connectivity index (χ2n) is 5.31. The zero-order valence-corrected chi connectivity index (χ0v) is 12.3. The number of carbonyl (C=O) groups excluding carboxylic acids is 1. The van der Waals surface area contributed by atoms with E-state index in [-0.39, 0.29) is 18.1 Å². The Balaban J connectivity index is 2.16. The molecule has 0 fully saturated rings. The molecule has 6 nitrogen and oxygen atoms in total. The van der Waals surface area contributed by atoms with Crippen molar-refractivity contribution in [1.82, 2.24) is 14.5 Å². The molecule has 1 aliphatic rings. The molecule has 0 aliphatic carbocycles. The Hall–Kier alpha value is -2.63. The predicted octanol–water partition coefficient (Wildman–Crippen LogP) is 2.33. The van der Waals surface area contributed by atoms with E-state index in [4.69, 9.17) is 0 Å². The number of carboxylic acid groups (broad SMARTS) is 1. The third kappa shape index (κ3) is 2.26. The smallest absolute Gasteiger partial charge is 0.356 e. The summed E-state index contributed by atoms with van der Waals surface area (Å²) in [5.74, 6) is -1.14. The molecule has 6 heteroatoms. The van der Waals surface area contributed by atoms with E-state index in [0.29, 0.717) is 23.5 Å². The molecule has 2 heterocycles. The molecule has 3 rings (SSSR count). The minimum atomic E-state index is -1.07. The van der Waals surface area contributed by atoms with Crippen molar-refractivity contribution in [1.29, 1.82) is 0 Å². The number of carbonyl (C=O) groups is 2. The van der Waals surface area contributed by atoms with E-state index < -0.39 is 5.97 Å². The molecule has 1 aromatic heterocycles. The van der Waals surface area contributed by atoms with Crippen molar-refractivity contribution in [2.75, 3.05) is 6.54 Å². The Morgan fingerprint density at radius 1 is 1.36 bits per heavy atom. The summed E-state index contributed by atoms with van der Waals surface area (Å²) in [4.78, 5) is 29.8. The Labute approximate surface area is 128 Å². The van der Waals surface area contributed by atoms with Crippen LogP contribution in [0, 0.1) is 0 Å². The molecule has 1 amide bonds. The van der Waals surface area contributed by atoms with Gasteiger partial charge < -0.3 is 10.0 Å². The first-order valence-corrected chi connectivity index (χ1v) is 7.31. The van der Waals surface area contributed by atoms with Crippen LogP contribution in [0.3, 0.4) is 0 Å². The summed E-state index contributed by atoms with van der Waals surface area (Å²) < 4.78 is 1.71. The molecule has 0 unspecified atom stereocenters. The number of hydrogen-bond donors (Lipinski definition) is 1. The van der Waals surface area contributed by atoms with Crippen LogP contribution in [0.1, 0.15) is 46.3 Å². The van der Waals surface area contributed by atoms with Crippen LogP contribution in [-0.4, -0.2) is 38.0 Å². The van der Waals surface area contributed by atoms with Crippen molar-refractivity contribution >= 4 is 11.9 Å². The Morgan fingerprint density at radius 3 is 2.86 bits per heavy atom. The molecular formula is C16H17N3O3. The highest BCUT2D eigenvalue weighted by Gasteiger charge is 2.29. The number of amides is 1. The van der Waals surface area contributed by atoms with Crippen LogP contribution in [0.2, 0.25) is 0 Å². The largest absolute Gasteiger partial charge is 0.476 e. The molecular weight excluding hydrogens is 282 g/mol. The molecule has 0 radical (unpaired) electrons. The first kappa shape index (κ1) is 14.3. The molecule has 0 saturated heterocycles. The van der Waals surface area contributed by atoms with Gasteiger partial charge in [0.25, 0.3) is 5.91 Å². The molecule has 1 aromatic carbocycles. The second kappa shape index (κ2) is 5.63. The van der Waals surface area contributed by atoms with Gasteiger partial charge >= 0.3 is 5.97 Å².